The lowest BCUT2D eigenvalue weighted by atomic mass is 9.84. The van der Waals surface area contributed by atoms with E-state index in [-0.39, 0.29) is 41.5 Å². The van der Waals surface area contributed by atoms with Gasteiger partial charge in [0, 0.05) is 12.1 Å². The van der Waals surface area contributed by atoms with Gasteiger partial charge in [-0.05, 0) is 55.6 Å². The van der Waals surface area contributed by atoms with Crippen LogP contribution in [-0.4, -0.2) is 28.3 Å². The molecule has 8 heteroatoms. The summed E-state index contributed by atoms with van der Waals surface area (Å²) in [5, 5.41) is 7.11. The maximum atomic E-state index is 13.1. The number of halogens is 2. The molecule has 26 heavy (non-hydrogen) atoms. The largest absolute Gasteiger partial charge is 0.348 e. The lowest BCUT2D eigenvalue weighted by molar-refractivity contribution is 0.0901. The van der Waals surface area contributed by atoms with Gasteiger partial charge in [0.25, 0.3) is 11.5 Å². The summed E-state index contributed by atoms with van der Waals surface area (Å²) in [6, 6.07) is 8.08. The summed E-state index contributed by atoms with van der Waals surface area (Å²) in [6.45, 7) is 0.535. The van der Waals surface area contributed by atoms with Crippen molar-refractivity contribution in [3.8, 4) is 5.69 Å². The van der Waals surface area contributed by atoms with Crippen molar-refractivity contribution < 1.29 is 9.18 Å². The molecule has 3 rings (SSSR count). The number of carbonyl (C=O) groups excluding carboxylic acids is 1. The van der Waals surface area contributed by atoms with Crippen LogP contribution in [0, 0.1) is 11.7 Å². The zero-order valence-corrected chi connectivity index (χ0v) is 15.0. The van der Waals surface area contributed by atoms with Gasteiger partial charge in [-0.2, -0.15) is 9.78 Å². The van der Waals surface area contributed by atoms with E-state index in [2.05, 4.69) is 10.4 Å². The second kappa shape index (κ2) is 8.91. The van der Waals surface area contributed by atoms with Gasteiger partial charge >= 0.3 is 0 Å². The second-order valence-electron chi connectivity index (χ2n) is 6.31. The summed E-state index contributed by atoms with van der Waals surface area (Å²) in [7, 11) is 0. The Morgan fingerprint density at radius 1 is 1.19 bits per heavy atom. The average Bonchev–Trinajstić information content (AvgIpc) is 2.63. The molecular formula is C18H22ClFN4O2. The van der Waals surface area contributed by atoms with E-state index >= 15 is 0 Å². The van der Waals surface area contributed by atoms with Crippen LogP contribution in [0.25, 0.3) is 5.69 Å². The Bertz CT molecular complexity index is 810. The molecule has 2 atom stereocenters. The SMILES string of the molecule is Cl.NCC1CCCCC1NC(=O)c1ccc(=O)n(-c2ccc(F)cc2)n1. The summed E-state index contributed by atoms with van der Waals surface area (Å²) in [5.41, 5.74) is 5.95. The number of nitrogens with zero attached hydrogens (tertiary/aromatic N) is 2. The van der Waals surface area contributed by atoms with Crippen molar-refractivity contribution in [1.82, 2.24) is 15.1 Å². The van der Waals surface area contributed by atoms with Crippen LogP contribution in [0.1, 0.15) is 36.2 Å². The summed E-state index contributed by atoms with van der Waals surface area (Å²) in [6.07, 6.45) is 4.08. The minimum absolute atomic E-state index is 0. The maximum Gasteiger partial charge on any atom is 0.271 e. The Balaban J connectivity index is 0.00000243. The molecule has 3 N–H and O–H groups in total. The topological polar surface area (TPSA) is 90.0 Å². The normalized spacial score (nSPS) is 19.5. The fraction of sp³-hybridized carbons (Fsp3) is 0.389. The van der Waals surface area contributed by atoms with Crippen LogP contribution in [-0.2, 0) is 0 Å². The van der Waals surface area contributed by atoms with Crippen molar-refractivity contribution in [2.24, 2.45) is 11.7 Å². The number of rotatable bonds is 4. The maximum absolute atomic E-state index is 13.1. The number of nitrogens with two attached hydrogens (primary N) is 1. The van der Waals surface area contributed by atoms with E-state index < -0.39 is 5.82 Å². The molecule has 0 radical (unpaired) electrons. The van der Waals surface area contributed by atoms with E-state index in [1.54, 1.807) is 0 Å². The average molecular weight is 381 g/mol. The number of hydrogen-bond acceptors (Lipinski definition) is 4. The van der Waals surface area contributed by atoms with E-state index in [4.69, 9.17) is 5.73 Å². The van der Waals surface area contributed by atoms with E-state index in [1.807, 2.05) is 0 Å². The molecule has 1 saturated carbocycles. The van der Waals surface area contributed by atoms with Gasteiger partial charge in [-0.25, -0.2) is 4.39 Å². The fourth-order valence-corrected chi connectivity index (χ4v) is 3.22. The molecular weight excluding hydrogens is 359 g/mol. The molecule has 140 valence electrons. The smallest absolute Gasteiger partial charge is 0.271 e. The van der Waals surface area contributed by atoms with Gasteiger partial charge in [-0.1, -0.05) is 12.8 Å². The molecule has 1 amide bonds. The third-order valence-electron chi connectivity index (χ3n) is 4.63. The van der Waals surface area contributed by atoms with Gasteiger partial charge in [0.2, 0.25) is 0 Å². The molecule has 6 nitrogen and oxygen atoms in total. The van der Waals surface area contributed by atoms with Crippen LogP contribution in [0.4, 0.5) is 4.39 Å². The molecule has 0 spiro atoms. The van der Waals surface area contributed by atoms with Gasteiger partial charge in [0.1, 0.15) is 11.5 Å². The van der Waals surface area contributed by atoms with Crippen LogP contribution >= 0.6 is 12.4 Å². The summed E-state index contributed by atoms with van der Waals surface area (Å²) < 4.78 is 14.2. The van der Waals surface area contributed by atoms with Crippen LogP contribution < -0.4 is 16.6 Å². The molecule has 0 aliphatic heterocycles. The predicted octanol–water partition coefficient (Wildman–Crippen LogP) is 2.04. The number of aromatic nitrogens is 2. The molecule has 0 saturated heterocycles. The molecule has 2 aromatic rings. The van der Waals surface area contributed by atoms with Crippen molar-refractivity contribution in [3.05, 3.63) is 58.3 Å². The van der Waals surface area contributed by atoms with Gasteiger partial charge in [-0.3, -0.25) is 9.59 Å². The Morgan fingerprint density at radius 3 is 2.58 bits per heavy atom. The summed E-state index contributed by atoms with van der Waals surface area (Å²) in [5.74, 6) is -0.474. The highest BCUT2D eigenvalue weighted by molar-refractivity contribution is 5.92. The predicted molar refractivity (Wildman–Crippen MR) is 99.3 cm³/mol. The second-order valence-corrected chi connectivity index (χ2v) is 6.31. The van der Waals surface area contributed by atoms with Crippen molar-refractivity contribution >= 4 is 18.3 Å². The van der Waals surface area contributed by atoms with Gasteiger partial charge in [0.05, 0.1) is 5.69 Å². The highest BCUT2D eigenvalue weighted by Crippen LogP contribution is 2.23. The number of nitrogens with one attached hydrogen (secondary N) is 1. The first-order valence-corrected chi connectivity index (χ1v) is 8.46. The minimum Gasteiger partial charge on any atom is -0.348 e. The zero-order valence-electron chi connectivity index (χ0n) is 14.2. The number of hydrogen-bond donors (Lipinski definition) is 2. The standard InChI is InChI=1S/C18H21FN4O2.ClH/c19-13-5-7-14(8-6-13)23-17(24)10-9-16(22-23)18(25)21-15-4-2-1-3-12(15)11-20;/h5-10,12,15H,1-4,11,20H2,(H,21,25);1H. The molecule has 1 heterocycles. The highest BCUT2D eigenvalue weighted by atomic mass is 35.5. The highest BCUT2D eigenvalue weighted by Gasteiger charge is 2.26. The third-order valence-corrected chi connectivity index (χ3v) is 4.63. The molecule has 1 fully saturated rings. The van der Waals surface area contributed by atoms with Crippen molar-refractivity contribution in [1.29, 1.82) is 0 Å². The van der Waals surface area contributed by atoms with E-state index in [0.717, 1.165) is 30.4 Å². The number of carbonyl (C=O) groups is 1. The minimum atomic E-state index is -0.407. The first kappa shape index (κ1) is 20.1. The van der Waals surface area contributed by atoms with Crippen molar-refractivity contribution in [2.75, 3.05) is 6.54 Å². The third kappa shape index (κ3) is 4.47. The molecule has 0 bridgehead atoms. The van der Waals surface area contributed by atoms with Crippen LogP contribution in [0.5, 0.6) is 0 Å². The number of amides is 1. The van der Waals surface area contributed by atoms with E-state index in [0.29, 0.717) is 12.2 Å². The van der Waals surface area contributed by atoms with E-state index in [9.17, 15) is 14.0 Å². The van der Waals surface area contributed by atoms with Crippen LogP contribution in [0.3, 0.4) is 0 Å². The summed E-state index contributed by atoms with van der Waals surface area (Å²) in [4.78, 5) is 24.6. The molecule has 1 aromatic carbocycles. The first-order chi connectivity index (χ1) is 12.1. The lowest BCUT2D eigenvalue weighted by Crippen LogP contribution is -2.45. The number of benzene rings is 1. The Labute approximate surface area is 157 Å². The first-order valence-electron chi connectivity index (χ1n) is 8.46. The van der Waals surface area contributed by atoms with Crippen molar-refractivity contribution in [2.45, 2.75) is 31.7 Å². The van der Waals surface area contributed by atoms with Crippen LogP contribution in [0.15, 0.2) is 41.2 Å². The van der Waals surface area contributed by atoms with E-state index in [1.165, 1.54) is 36.4 Å². The monoisotopic (exact) mass is 380 g/mol. The molecule has 1 aliphatic carbocycles. The fourth-order valence-electron chi connectivity index (χ4n) is 3.22. The zero-order chi connectivity index (χ0) is 17.8. The molecule has 1 aliphatic rings. The van der Waals surface area contributed by atoms with Crippen LogP contribution in [0.2, 0.25) is 0 Å². The van der Waals surface area contributed by atoms with Gasteiger partial charge < -0.3 is 11.1 Å². The van der Waals surface area contributed by atoms with Gasteiger partial charge in [0.15, 0.2) is 0 Å². The quantitative estimate of drug-likeness (QED) is 0.849. The lowest BCUT2D eigenvalue weighted by Gasteiger charge is -2.31. The summed E-state index contributed by atoms with van der Waals surface area (Å²) >= 11 is 0. The van der Waals surface area contributed by atoms with Crippen molar-refractivity contribution in [3.63, 3.8) is 0 Å². The Kier molecular flexibility index (Phi) is 6.88. The molecule has 1 aromatic heterocycles. The Hall–Kier alpha value is -2.25. The molecule has 2 unspecified atom stereocenters. The van der Waals surface area contributed by atoms with Gasteiger partial charge in [-0.15, -0.1) is 12.4 Å². The Morgan fingerprint density at radius 2 is 1.88 bits per heavy atom.